The van der Waals surface area contributed by atoms with Crippen LogP contribution in [0.15, 0.2) is 12.2 Å². The summed E-state index contributed by atoms with van der Waals surface area (Å²) < 4.78 is 11.3. The molecule has 2 fully saturated rings. The number of rotatable bonds is 6. The average Bonchev–Trinajstić information content (AvgIpc) is 3.11. The molecule has 0 aromatic carbocycles. The number of unbranched alkanes of at least 4 members (excludes halogenated alkanes) is 1. The van der Waals surface area contributed by atoms with Gasteiger partial charge in [-0.25, -0.2) is 0 Å². The van der Waals surface area contributed by atoms with E-state index in [4.69, 9.17) is 9.47 Å². The third-order valence-electron chi connectivity index (χ3n) is 4.68. The van der Waals surface area contributed by atoms with Gasteiger partial charge in [-0.3, -0.25) is 9.59 Å². The minimum absolute atomic E-state index is 0.0498. The van der Waals surface area contributed by atoms with E-state index in [2.05, 4.69) is 6.92 Å². The fourth-order valence-corrected chi connectivity index (χ4v) is 3.68. The molecule has 3 rings (SSSR count). The Balaban J connectivity index is 1.78. The van der Waals surface area contributed by atoms with E-state index in [1.165, 1.54) is 0 Å². The third-order valence-corrected chi connectivity index (χ3v) is 4.68. The van der Waals surface area contributed by atoms with Gasteiger partial charge in [0.05, 0.1) is 25.2 Å². The summed E-state index contributed by atoms with van der Waals surface area (Å²) in [5.41, 5.74) is -0.592. The molecular weight excluding hydrogens is 270 g/mol. The van der Waals surface area contributed by atoms with Crippen molar-refractivity contribution in [2.24, 2.45) is 11.8 Å². The van der Waals surface area contributed by atoms with Crippen molar-refractivity contribution in [1.82, 2.24) is 4.90 Å². The lowest BCUT2D eigenvalue weighted by atomic mass is 9.77. The second kappa shape index (κ2) is 5.44. The Kier molecular flexibility index (Phi) is 3.78. The summed E-state index contributed by atoms with van der Waals surface area (Å²) in [6, 6.07) is 0. The highest BCUT2D eigenvalue weighted by Crippen LogP contribution is 2.52. The first-order valence-corrected chi connectivity index (χ1v) is 7.95. The molecule has 3 aliphatic rings. The smallest absolute Gasteiger partial charge is 0.312 e. The molecule has 21 heavy (non-hydrogen) atoms. The summed E-state index contributed by atoms with van der Waals surface area (Å²) in [6.07, 6.45) is 6.42. The molecule has 4 atom stereocenters. The Bertz CT molecular complexity index is 475. The lowest BCUT2D eigenvalue weighted by molar-refractivity contribution is -0.153. The van der Waals surface area contributed by atoms with Crippen LogP contribution in [0.4, 0.5) is 0 Å². The zero-order chi connectivity index (χ0) is 15.0. The largest absolute Gasteiger partial charge is 0.465 e. The van der Waals surface area contributed by atoms with Crippen molar-refractivity contribution in [1.29, 1.82) is 0 Å². The topological polar surface area (TPSA) is 55.8 Å². The average molecular weight is 293 g/mol. The number of ether oxygens (including phenoxy) is 2. The highest BCUT2D eigenvalue weighted by molar-refractivity contribution is 5.91. The summed E-state index contributed by atoms with van der Waals surface area (Å²) in [5.74, 6) is -1.10. The molecule has 3 aliphatic heterocycles. The van der Waals surface area contributed by atoms with E-state index in [9.17, 15) is 9.59 Å². The lowest BCUT2D eigenvalue weighted by Crippen LogP contribution is -2.40. The van der Waals surface area contributed by atoms with Gasteiger partial charge in [0.15, 0.2) is 0 Å². The first kappa shape index (κ1) is 14.6. The van der Waals surface area contributed by atoms with E-state index in [0.29, 0.717) is 13.2 Å². The van der Waals surface area contributed by atoms with E-state index in [0.717, 1.165) is 25.8 Å². The number of likely N-dealkylation sites (tertiary alicyclic amines) is 1. The van der Waals surface area contributed by atoms with Gasteiger partial charge in [0.2, 0.25) is 5.91 Å². The Morgan fingerprint density at radius 2 is 2.29 bits per heavy atom. The summed E-state index contributed by atoms with van der Waals surface area (Å²) in [6.45, 7) is 5.78. The van der Waals surface area contributed by atoms with Crippen molar-refractivity contribution in [3.63, 3.8) is 0 Å². The highest BCUT2D eigenvalue weighted by atomic mass is 16.6. The number of nitrogens with zero attached hydrogens (tertiary/aromatic N) is 1. The summed E-state index contributed by atoms with van der Waals surface area (Å²) >= 11 is 0. The Labute approximate surface area is 125 Å². The molecule has 0 radical (unpaired) electrons. The normalized spacial score (nSPS) is 36.4. The van der Waals surface area contributed by atoms with Crippen molar-refractivity contribution in [2.75, 3.05) is 19.7 Å². The van der Waals surface area contributed by atoms with E-state index < -0.39 is 17.4 Å². The van der Waals surface area contributed by atoms with Gasteiger partial charge < -0.3 is 14.4 Å². The van der Waals surface area contributed by atoms with E-state index in [-0.39, 0.29) is 18.0 Å². The zero-order valence-electron chi connectivity index (χ0n) is 12.7. The van der Waals surface area contributed by atoms with Crippen LogP contribution in [0.25, 0.3) is 0 Å². The molecule has 3 heterocycles. The number of carbonyl (C=O) groups excluding carboxylic acids is 2. The van der Waals surface area contributed by atoms with Gasteiger partial charge in [-0.2, -0.15) is 0 Å². The fourth-order valence-electron chi connectivity index (χ4n) is 3.68. The number of esters is 1. The lowest BCUT2D eigenvalue weighted by Gasteiger charge is -2.22. The van der Waals surface area contributed by atoms with Gasteiger partial charge in [0.25, 0.3) is 0 Å². The van der Waals surface area contributed by atoms with Crippen LogP contribution in [0, 0.1) is 11.8 Å². The SMILES string of the molecule is CCCCN1C[C@@]23C=C[C@H](O2)[C@@H](C(=O)OCCC)[C@H]3C1=O. The molecule has 1 spiro atoms. The van der Waals surface area contributed by atoms with Gasteiger partial charge in [-0.15, -0.1) is 0 Å². The molecule has 2 bridgehead atoms. The molecule has 5 heteroatoms. The number of amides is 1. The van der Waals surface area contributed by atoms with Crippen LogP contribution in [0.1, 0.15) is 33.1 Å². The van der Waals surface area contributed by atoms with Crippen molar-refractivity contribution < 1.29 is 19.1 Å². The molecule has 116 valence electrons. The van der Waals surface area contributed by atoms with Gasteiger partial charge in [-0.05, 0) is 12.8 Å². The maximum absolute atomic E-state index is 12.7. The van der Waals surface area contributed by atoms with Crippen LogP contribution < -0.4 is 0 Å². The molecule has 0 aromatic rings. The summed E-state index contributed by atoms with van der Waals surface area (Å²) in [7, 11) is 0. The molecule has 2 saturated heterocycles. The van der Waals surface area contributed by atoms with E-state index in [1.54, 1.807) is 0 Å². The monoisotopic (exact) mass is 293 g/mol. The maximum Gasteiger partial charge on any atom is 0.312 e. The number of fused-ring (bicyclic) bond motifs is 1. The van der Waals surface area contributed by atoms with E-state index >= 15 is 0 Å². The quantitative estimate of drug-likeness (QED) is 0.550. The standard InChI is InChI=1S/C16H23NO4/c1-3-5-8-17-10-16-7-6-11(21-16)12(13(16)14(17)18)15(19)20-9-4-2/h6-7,11-13H,3-5,8-10H2,1-2H3/t11-,12+,13-,16+/m0/s1. The molecule has 1 amide bonds. The minimum atomic E-state index is -0.592. The molecule has 0 N–H and O–H groups in total. The van der Waals surface area contributed by atoms with Crippen LogP contribution in [0.5, 0.6) is 0 Å². The number of hydrogen-bond acceptors (Lipinski definition) is 4. The third kappa shape index (κ3) is 2.18. The van der Waals surface area contributed by atoms with Crippen LogP contribution in [-0.4, -0.2) is 48.2 Å². The van der Waals surface area contributed by atoms with Gasteiger partial charge in [0.1, 0.15) is 11.5 Å². The van der Waals surface area contributed by atoms with Gasteiger partial charge in [-0.1, -0.05) is 32.4 Å². The zero-order valence-corrected chi connectivity index (χ0v) is 12.7. The van der Waals surface area contributed by atoms with E-state index in [1.807, 2.05) is 24.0 Å². The molecule has 0 aromatic heterocycles. The van der Waals surface area contributed by atoms with Crippen molar-refractivity contribution in [2.45, 2.75) is 44.8 Å². The highest BCUT2D eigenvalue weighted by Gasteiger charge is 2.67. The molecule has 0 aliphatic carbocycles. The molecule has 5 nitrogen and oxygen atoms in total. The summed E-state index contributed by atoms with van der Waals surface area (Å²) in [4.78, 5) is 26.8. The molecular formula is C16H23NO4. The van der Waals surface area contributed by atoms with Crippen LogP contribution in [0.2, 0.25) is 0 Å². The predicted octanol–water partition coefficient (Wildman–Crippen LogP) is 1.52. The van der Waals surface area contributed by atoms with Crippen molar-refractivity contribution in [3.05, 3.63) is 12.2 Å². The Morgan fingerprint density at radius 3 is 3.00 bits per heavy atom. The first-order valence-electron chi connectivity index (χ1n) is 7.95. The van der Waals surface area contributed by atoms with Crippen LogP contribution >= 0.6 is 0 Å². The number of hydrogen-bond donors (Lipinski definition) is 0. The second-order valence-corrected chi connectivity index (χ2v) is 6.18. The van der Waals surface area contributed by atoms with Crippen LogP contribution in [-0.2, 0) is 19.1 Å². The van der Waals surface area contributed by atoms with Gasteiger partial charge >= 0.3 is 5.97 Å². The Hall–Kier alpha value is -1.36. The fraction of sp³-hybridized carbons (Fsp3) is 0.750. The van der Waals surface area contributed by atoms with Gasteiger partial charge in [0, 0.05) is 6.54 Å². The van der Waals surface area contributed by atoms with Crippen LogP contribution in [0.3, 0.4) is 0 Å². The second-order valence-electron chi connectivity index (χ2n) is 6.18. The Morgan fingerprint density at radius 1 is 1.48 bits per heavy atom. The predicted molar refractivity (Wildman–Crippen MR) is 76.5 cm³/mol. The molecule has 0 unspecified atom stereocenters. The summed E-state index contributed by atoms with van der Waals surface area (Å²) in [5, 5.41) is 0. The van der Waals surface area contributed by atoms with Crippen molar-refractivity contribution >= 4 is 11.9 Å². The number of carbonyl (C=O) groups is 2. The molecule has 0 saturated carbocycles. The maximum atomic E-state index is 12.7. The van der Waals surface area contributed by atoms with Crippen molar-refractivity contribution in [3.8, 4) is 0 Å². The minimum Gasteiger partial charge on any atom is -0.465 e. The first-order chi connectivity index (χ1) is 10.1.